The zero-order chi connectivity index (χ0) is 26.8. The van der Waals surface area contributed by atoms with Crippen molar-refractivity contribution in [2.24, 2.45) is 5.10 Å². The van der Waals surface area contributed by atoms with Gasteiger partial charge in [0, 0.05) is 12.2 Å². The maximum absolute atomic E-state index is 12.3. The van der Waals surface area contributed by atoms with E-state index in [0.717, 1.165) is 16.7 Å². The first-order valence-corrected chi connectivity index (χ1v) is 12.4. The summed E-state index contributed by atoms with van der Waals surface area (Å²) in [5.74, 6) is -1.20. The summed E-state index contributed by atoms with van der Waals surface area (Å²) in [6.07, 6.45) is 1.38. The van der Waals surface area contributed by atoms with Gasteiger partial charge in [-0.3, -0.25) is 14.4 Å². The van der Waals surface area contributed by atoms with Crippen LogP contribution < -0.4 is 25.5 Å². The van der Waals surface area contributed by atoms with Gasteiger partial charge >= 0.3 is 11.8 Å². The molecule has 37 heavy (non-hydrogen) atoms. The van der Waals surface area contributed by atoms with Crippen LogP contribution in [0.25, 0.3) is 0 Å². The number of ether oxygens (including phenoxy) is 2. The molecular formula is C27H27IN4O5. The highest BCUT2D eigenvalue weighted by Crippen LogP contribution is 2.33. The molecular weight excluding hydrogens is 587 g/mol. The second-order valence-electron chi connectivity index (χ2n) is 8.10. The van der Waals surface area contributed by atoms with Crippen molar-refractivity contribution in [1.82, 2.24) is 10.7 Å². The summed E-state index contributed by atoms with van der Waals surface area (Å²) in [4.78, 5) is 36.3. The summed E-state index contributed by atoms with van der Waals surface area (Å²) in [5, 5.41) is 9.17. The summed E-state index contributed by atoms with van der Waals surface area (Å²) in [5.41, 5.74) is 6.56. The second-order valence-corrected chi connectivity index (χ2v) is 9.27. The molecule has 0 aliphatic rings. The van der Waals surface area contributed by atoms with E-state index >= 15 is 0 Å². The predicted molar refractivity (Wildman–Crippen MR) is 150 cm³/mol. The summed E-state index contributed by atoms with van der Waals surface area (Å²) in [7, 11) is 1.48. The molecule has 3 aromatic carbocycles. The number of aryl methyl sites for hydroxylation is 2. The van der Waals surface area contributed by atoms with Gasteiger partial charge in [-0.15, -0.1) is 0 Å². The van der Waals surface area contributed by atoms with Crippen LogP contribution in [0.3, 0.4) is 0 Å². The first-order valence-electron chi connectivity index (χ1n) is 11.3. The molecule has 3 amide bonds. The first kappa shape index (κ1) is 27.7. The summed E-state index contributed by atoms with van der Waals surface area (Å²) in [6, 6.07) is 18.4. The van der Waals surface area contributed by atoms with E-state index in [9.17, 15) is 14.4 Å². The number of methoxy groups -OCH3 is 1. The van der Waals surface area contributed by atoms with Crippen molar-refractivity contribution < 1.29 is 23.9 Å². The Hall–Kier alpha value is -3.93. The zero-order valence-electron chi connectivity index (χ0n) is 20.6. The molecule has 0 aliphatic heterocycles. The van der Waals surface area contributed by atoms with Gasteiger partial charge in [0.05, 0.1) is 16.9 Å². The quantitative estimate of drug-likeness (QED) is 0.147. The largest absolute Gasteiger partial charge is 0.493 e. The molecule has 3 N–H and O–H groups in total. The number of rotatable bonds is 9. The lowest BCUT2D eigenvalue weighted by molar-refractivity contribution is -0.139. The smallest absolute Gasteiger partial charge is 0.329 e. The third kappa shape index (κ3) is 8.60. The van der Waals surface area contributed by atoms with E-state index < -0.39 is 11.8 Å². The Morgan fingerprint density at radius 3 is 2.24 bits per heavy atom. The molecule has 0 atom stereocenters. The van der Waals surface area contributed by atoms with E-state index in [0.29, 0.717) is 26.3 Å². The van der Waals surface area contributed by atoms with E-state index in [2.05, 4.69) is 43.8 Å². The minimum Gasteiger partial charge on any atom is -0.493 e. The lowest BCUT2D eigenvalue weighted by Crippen LogP contribution is -2.37. The van der Waals surface area contributed by atoms with Crippen molar-refractivity contribution in [2.75, 3.05) is 19.0 Å². The molecule has 10 heteroatoms. The second kappa shape index (κ2) is 13.4. The minimum atomic E-state index is -0.885. The fourth-order valence-corrected chi connectivity index (χ4v) is 3.89. The Morgan fingerprint density at radius 2 is 1.59 bits per heavy atom. The zero-order valence-corrected chi connectivity index (χ0v) is 22.8. The maximum Gasteiger partial charge on any atom is 0.329 e. The number of carbonyl (C=O) groups excluding carboxylic acids is 3. The number of carbonyl (C=O) groups is 3. The molecule has 0 radical (unpaired) electrons. The molecule has 0 saturated carbocycles. The van der Waals surface area contributed by atoms with Crippen molar-refractivity contribution in [3.63, 3.8) is 0 Å². The third-order valence-corrected chi connectivity index (χ3v) is 5.90. The van der Waals surface area contributed by atoms with Crippen LogP contribution in [0.1, 0.15) is 22.3 Å². The van der Waals surface area contributed by atoms with Gasteiger partial charge in [0.2, 0.25) is 0 Å². The van der Waals surface area contributed by atoms with Crippen LogP contribution in [0.15, 0.2) is 65.8 Å². The van der Waals surface area contributed by atoms with Crippen molar-refractivity contribution >= 4 is 52.2 Å². The Labute approximate surface area is 228 Å². The van der Waals surface area contributed by atoms with Crippen LogP contribution in [0.5, 0.6) is 11.5 Å². The number of anilines is 1. The lowest BCUT2D eigenvalue weighted by Gasteiger charge is -2.13. The number of nitrogens with one attached hydrogen (secondary N) is 3. The van der Waals surface area contributed by atoms with E-state index in [4.69, 9.17) is 9.47 Å². The number of nitrogens with zero attached hydrogens (tertiary/aromatic N) is 1. The SMILES string of the molecule is COc1cc(/C=N\NC(=O)C(=O)NCc2ccc(C)cc2)cc(I)c1OCC(=O)Nc1ccc(C)cc1. The lowest BCUT2D eigenvalue weighted by atomic mass is 10.1. The average molecular weight is 614 g/mol. The number of benzene rings is 3. The van der Waals surface area contributed by atoms with Crippen molar-refractivity contribution in [2.45, 2.75) is 20.4 Å². The van der Waals surface area contributed by atoms with Gasteiger partial charge in [0.1, 0.15) is 0 Å². The molecule has 0 aromatic heterocycles. The molecule has 9 nitrogen and oxygen atoms in total. The van der Waals surface area contributed by atoms with Gasteiger partial charge < -0.3 is 20.1 Å². The van der Waals surface area contributed by atoms with Crippen LogP contribution in [-0.4, -0.2) is 37.7 Å². The minimum absolute atomic E-state index is 0.207. The van der Waals surface area contributed by atoms with Gasteiger partial charge in [-0.1, -0.05) is 47.5 Å². The fraction of sp³-hybridized carbons (Fsp3) is 0.185. The molecule has 3 aromatic rings. The topological polar surface area (TPSA) is 118 Å². The first-order chi connectivity index (χ1) is 17.7. The summed E-state index contributed by atoms with van der Waals surface area (Å²) in [6.45, 7) is 3.96. The molecule has 0 fully saturated rings. The highest BCUT2D eigenvalue weighted by molar-refractivity contribution is 14.1. The Balaban J connectivity index is 1.53. The van der Waals surface area contributed by atoms with E-state index in [1.807, 2.05) is 62.4 Å². The van der Waals surface area contributed by atoms with Crippen LogP contribution in [0.2, 0.25) is 0 Å². The number of hydrazone groups is 1. The van der Waals surface area contributed by atoms with E-state index in [-0.39, 0.29) is 19.1 Å². The highest BCUT2D eigenvalue weighted by atomic mass is 127. The maximum atomic E-state index is 12.3. The van der Waals surface area contributed by atoms with Gasteiger partial charge in [0.25, 0.3) is 5.91 Å². The summed E-state index contributed by atoms with van der Waals surface area (Å²) >= 11 is 2.05. The van der Waals surface area contributed by atoms with E-state index in [1.54, 1.807) is 12.1 Å². The standard InChI is InChI=1S/C27H27IN4O5/c1-17-4-8-19(9-5-17)14-29-26(34)27(35)32-30-15-20-12-22(28)25(23(13-20)36-3)37-16-24(33)31-21-10-6-18(2)7-11-21/h4-13,15H,14,16H2,1-3H3,(H,29,34)(H,31,33)(H,32,35)/b30-15-. The Kier molecular flexibility index (Phi) is 10.0. The number of halogens is 1. The predicted octanol–water partition coefficient (Wildman–Crippen LogP) is 3.70. The molecule has 3 rings (SSSR count). The Bertz CT molecular complexity index is 1290. The van der Waals surface area contributed by atoms with Gasteiger partial charge in [-0.2, -0.15) is 5.10 Å². The van der Waals surface area contributed by atoms with Gasteiger partial charge in [0.15, 0.2) is 18.1 Å². The number of amides is 3. The Morgan fingerprint density at radius 1 is 0.946 bits per heavy atom. The van der Waals surface area contributed by atoms with Crippen LogP contribution in [0.4, 0.5) is 5.69 Å². The van der Waals surface area contributed by atoms with Crippen LogP contribution in [-0.2, 0) is 20.9 Å². The monoisotopic (exact) mass is 614 g/mol. The molecule has 0 bridgehead atoms. The molecule has 192 valence electrons. The number of hydrogen-bond acceptors (Lipinski definition) is 6. The highest BCUT2D eigenvalue weighted by Gasteiger charge is 2.14. The molecule has 0 heterocycles. The van der Waals surface area contributed by atoms with Crippen molar-refractivity contribution in [3.8, 4) is 11.5 Å². The number of hydrogen-bond donors (Lipinski definition) is 3. The molecule has 0 saturated heterocycles. The summed E-state index contributed by atoms with van der Waals surface area (Å²) < 4.78 is 11.8. The van der Waals surface area contributed by atoms with Crippen LogP contribution >= 0.6 is 22.6 Å². The molecule has 0 unspecified atom stereocenters. The third-order valence-electron chi connectivity index (χ3n) is 5.09. The van der Waals surface area contributed by atoms with Gasteiger partial charge in [-0.25, -0.2) is 5.43 Å². The normalized spacial score (nSPS) is 10.6. The average Bonchev–Trinajstić information content (AvgIpc) is 2.88. The van der Waals surface area contributed by atoms with Crippen molar-refractivity contribution in [1.29, 1.82) is 0 Å². The van der Waals surface area contributed by atoms with Gasteiger partial charge in [-0.05, 0) is 71.8 Å². The molecule has 0 aliphatic carbocycles. The van der Waals surface area contributed by atoms with Crippen LogP contribution in [0, 0.1) is 17.4 Å². The van der Waals surface area contributed by atoms with Crippen molar-refractivity contribution in [3.05, 3.63) is 86.5 Å². The fourth-order valence-electron chi connectivity index (χ4n) is 3.11. The molecule has 0 spiro atoms. The van der Waals surface area contributed by atoms with E-state index in [1.165, 1.54) is 13.3 Å².